The van der Waals surface area contributed by atoms with Gasteiger partial charge in [-0.1, -0.05) is 6.07 Å². The number of aryl methyl sites for hydroxylation is 1. The Hall–Kier alpha value is -1.99. The minimum atomic E-state index is -0.00185. The van der Waals surface area contributed by atoms with Crippen molar-refractivity contribution in [1.29, 1.82) is 0 Å². The lowest BCUT2D eigenvalue weighted by Gasteiger charge is -2.34. The fraction of sp³-hybridized carbons (Fsp3) is 0.438. The van der Waals surface area contributed by atoms with Crippen molar-refractivity contribution in [2.45, 2.75) is 20.0 Å². The predicted molar refractivity (Wildman–Crippen MR) is 90.2 cm³/mol. The summed E-state index contributed by atoms with van der Waals surface area (Å²) in [5.74, 6) is 0. The molecule has 2 aromatic rings. The molecule has 3 heterocycles. The van der Waals surface area contributed by atoms with Crippen LogP contribution in [0.3, 0.4) is 0 Å². The average Bonchev–Trinajstić information content (AvgIpc) is 2.99. The van der Waals surface area contributed by atoms with Gasteiger partial charge in [-0.15, -0.1) is 11.3 Å². The number of thiazole rings is 1. The lowest BCUT2D eigenvalue weighted by molar-refractivity contribution is 0.134. The zero-order valence-corrected chi connectivity index (χ0v) is 14.1. The van der Waals surface area contributed by atoms with Gasteiger partial charge in [0.1, 0.15) is 0 Å². The molecular weight excluding hydrogens is 310 g/mol. The van der Waals surface area contributed by atoms with Gasteiger partial charge in [0.05, 0.1) is 10.7 Å². The highest BCUT2D eigenvalue weighted by atomic mass is 32.1. The molecule has 1 aliphatic rings. The smallest absolute Gasteiger partial charge is 0.317 e. The van der Waals surface area contributed by atoms with Crippen LogP contribution in [0.2, 0.25) is 0 Å². The zero-order chi connectivity index (χ0) is 16.1. The fourth-order valence-electron chi connectivity index (χ4n) is 2.61. The Morgan fingerprint density at radius 2 is 2.17 bits per heavy atom. The van der Waals surface area contributed by atoms with Crippen LogP contribution in [0.1, 0.15) is 16.3 Å². The van der Waals surface area contributed by atoms with Gasteiger partial charge < -0.3 is 10.2 Å². The lowest BCUT2D eigenvalue weighted by Crippen LogP contribution is -2.51. The third-order valence-electron chi connectivity index (χ3n) is 3.88. The first kappa shape index (κ1) is 15.9. The van der Waals surface area contributed by atoms with Crippen LogP contribution in [0.25, 0.3) is 0 Å². The average molecular weight is 331 g/mol. The number of piperazine rings is 1. The number of hydrogen-bond acceptors (Lipinski definition) is 5. The number of carbonyl (C=O) groups is 1. The first-order valence-corrected chi connectivity index (χ1v) is 8.64. The van der Waals surface area contributed by atoms with Crippen LogP contribution in [-0.2, 0) is 13.1 Å². The van der Waals surface area contributed by atoms with Crippen LogP contribution in [-0.4, -0.2) is 52.0 Å². The minimum Gasteiger partial charge on any atom is -0.334 e. The number of nitrogens with one attached hydrogen (secondary N) is 1. The molecule has 0 unspecified atom stereocenters. The standard InChI is InChI=1S/C16H21N5OS/c1-13-19-15(12-23-13)11-20-5-7-21(8-6-20)16(22)18-10-14-3-2-4-17-9-14/h2-4,9,12H,5-8,10-11H2,1H3,(H,18,22). The van der Waals surface area contributed by atoms with E-state index in [1.54, 1.807) is 23.7 Å². The second kappa shape index (κ2) is 7.52. The Labute approximate surface area is 140 Å². The van der Waals surface area contributed by atoms with Crippen LogP contribution >= 0.6 is 11.3 Å². The molecule has 0 atom stereocenters. The second-order valence-corrected chi connectivity index (χ2v) is 6.70. The lowest BCUT2D eigenvalue weighted by atomic mass is 10.3. The normalized spacial score (nSPS) is 15.6. The molecular formula is C16H21N5OS. The summed E-state index contributed by atoms with van der Waals surface area (Å²) in [4.78, 5) is 25.0. The van der Waals surface area contributed by atoms with Gasteiger partial charge in [-0.25, -0.2) is 9.78 Å². The number of nitrogens with zero attached hydrogens (tertiary/aromatic N) is 4. The summed E-state index contributed by atoms with van der Waals surface area (Å²) >= 11 is 1.69. The molecule has 3 rings (SSSR count). The van der Waals surface area contributed by atoms with Crippen LogP contribution in [0, 0.1) is 6.92 Å². The van der Waals surface area contributed by atoms with E-state index in [9.17, 15) is 4.79 Å². The zero-order valence-electron chi connectivity index (χ0n) is 13.2. The number of pyridine rings is 1. The molecule has 0 saturated carbocycles. The summed E-state index contributed by atoms with van der Waals surface area (Å²) in [7, 11) is 0. The van der Waals surface area contributed by atoms with Crippen molar-refractivity contribution in [2.24, 2.45) is 0 Å². The van der Waals surface area contributed by atoms with E-state index in [4.69, 9.17) is 0 Å². The molecule has 23 heavy (non-hydrogen) atoms. The van der Waals surface area contributed by atoms with E-state index in [1.807, 2.05) is 24.0 Å². The van der Waals surface area contributed by atoms with E-state index in [2.05, 4.69) is 25.6 Å². The van der Waals surface area contributed by atoms with Gasteiger partial charge in [-0.2, -0.15) is 0 Å². The molecule has 2 amide bonds. The number of hydrogen-bond donors (Lipinski definition) is 1. The number of aromatic nitrogens is 2. The highest BCUT2D eigenvalue weighted by Crippen LogP contribution is 2.12. The van der Waals surface area contributed by atoms with Crippen LogP contribution in [0.4, 0.5) is 4.79 Å². The van der Waals surface area contributed by atoms with Gasteiger partial charge in [-0.05, 0) is 18.6 Å². The van der Waals surface area contributed by atoms with Crippen LogP contribution < -0.4 is 5.32 Å². The molecule has 1 N–H and O–H groups in total. The van der Waals surface area contributed by atoms with E-state index < -0.39 is 0 Å². The number of carbonyl (C=O) groups excluding carboxylic acids is 1. The third-order valence-corrected chi connectivity index (χ3v) is 4.70. The predicted octanol–water partition coefficient (Wildman–Crippen LogP) is 1.87. The summed E-state index contributed by atoms with van der Waals surface area (Å²) < 4.78 is 0. The molecule has 0 aliphatic carbocycles. The van der Waals surface area contributed by atoms with Crippen molar-refractivity contribution in [3.8, 4) is 0 Å². The van der Waals surface area contributed by atoms with Gasteiger partial charge in [0.25, 0.3) is 0 Å². The Kier molecular flexibility index (Phi) is 5.19. The van der Waals surface area contributed by atoms with E-state index in [0.29, 0.717) is 6.54 Å². The number of urea groups is 1. The Morgan fingerprint density at radius 1 is 1.35 bits per heavy atom. The fourth-order valence-corrected chi connectivity index (χ4v) is 3.21. The summed E-state index contributed by atoms with van der Waals surface area (Å²) in [6.07, 6.45) is 3.50. The minimum absolute atomic E-state index is 0.00185. The Balaban J connectivity index is 1.42. The van der Waals surface area contributed by atoms with Crippen LogP contribution in [0.15, 0.2) is 29.9 Å². The second-order valence-electron chi connectivity index (χ2n) is 5.64. The van der Waals surface area contributed by atoms with Gasteiger partial charge in [0.2, 0.25) is 0 Å². The molecule has 6 nitrogen and oxygen atoms in total. The van der Waals surface area contributed by atoms with Gasteiger partial charge in [0, 0.05) is 57.0 Å². The quantitative estimate of drug-likeness (QED) is 0.929. The van der Waals surface area contributed by atoms with Crippen molar-refractivity contribution in [3.05, 3.63) is 46.2 Å². The molecule has 0 aromatic carbocycles. The van der Waals surface area contributed by atoms with Crippen molar-refractivity contribution in [1.82, 2.24) is 25.1 Å². The maximum Gasteiger partial charge on any atom is 0.317 e. The van der Waals surface area contributed by atoms with E-state index in [0.717, 1.165) is 49.0 Å². The van der Waals surface area contributed by atoms with E-state index in [-0.39, 0.29) is 6.03 Å². The van der Waals surface area contributed by atoms with Crippen molar-refractivity contribution in [2.75, 3.05) is 26.2 Å². The molecule has 2 aromatic heterocycles. The Bertz CT molecular complexity index is 637. The van der Waals surface area contributed by atoms with Crippen LogP contribution in [0.5, 0.6) is 0 Å². The maximum absolute atomic E-state index is 12.2. The highest BCUT2D eigenvalue weighted by Gasteiger charge is 2.21. The largest absolute Gasteiger partial charge is 0.334 e. The third kappa shape index (κ3) is 4.49. The summed E-state index contributed by atoms with van der Waals surface area (Å²) in [6, 6.07) is 3.83. The van der Waals surface area contributed by atoms with Crippen molar-refractivity contribution >= 4 is 17.4 Å². The molecule has 0 spiro atoms. The van der Waals surface area contributed by atoms with E-state index >= 15 is 0 Å². The monoisotopic (exact) mass is 331 g/mol. The summed E-state index contributed by atoms with van der Waals surface area (Å²) in [5.41, 5.74) is 2.14. The van der Waals surface area contributed by atoms with Gasteiger partial charge in [0.15, 0.2) is 0 Å². The van der Waals surface area contributed by atoms with Crippen molar-refractivity contribution < 1.29 is 4.79 Å². The van der Waals surface area contributed by atoms with Gasteiger partial charge in [-0.3, -0.25) is 9.88 Å². The molecule has 122 valence electrons. The summed E-state index contributed by atoms with van der Waals surface area (Å²) in [6.45, 7) is 6.69. The first-order valence-electron chi connectivity index (χ1n) is 7.76. The highest BCUT2D eigenvalue weighted by molar-refractivity contribution is 7.09. The number of rotatable bonds is 4. The molecule has 0 bridgehead atoms. The van der Waals surface area contributed by atoms with Crippen molar-refractivity contribution in [3.63, 3.8) is 0 Å². The van der Waals surface area contributed by atoms with Gasteiger partial charge >= 0.3 is 6.03 Å². The molecule has 1 fully saturated rings. The molecule has 1 saturated heterocycles. The topological polar surface area (TPSA) is 61.4 Å². The van der Waals surface area contributed by atoms with E-state index in [1.165, 1.54) is 0 Å². The summed E-state index contributed by atoms with van der Waals surface area (Å²) in [5, 5.41) is 6.17. The molecule has 1 aliphatic heterocycles. The molecule has 0 radical (unpaired) electrons. The first-order chi connectivity index (χ1) is 11.2. The SMILES string of the molecule is Cc1nc(CN2CCN(C(=O)NCc3cccnc3)CC2)cs1. The number of amides is 2. The molecule has 7 heteroatoms. The Morgan fingerprint density at radius 3 is 2.83 bits per heavy atom. The maximum atomic E-state index is 12.2.